The van der Waals surface area contributed by atoms with E-state index in [1.54, 1.807) is 0 Å². The molecule has 1 rings (SSSR count). The Labute approximate surface area is 77.1 Å². The van der Waals surface area contributed by atoms with Crippen LogP contribution in [-0.2, 0) is 0 Å². The fraction of sp³-hybridized carbons (Fsp3) is 1.00. The van der Waals surface area contributed by atoms with Gasteiger partial charge in [-0.1, -0.05) is 27.2 Å². The molecule has 1 saturated heterocycles. The first kappa shape index (κ1) is 10.0. The Hall–Kier alpha value is -0.0400. The van der Waals surface area contributed by atoms with Crippen LogP contribution in [0.4, 0.5) is 0 Å². The van der Waals surface area contributed by atoms with Crippen LogP contribution in [0.25, 0.3) is 0 Å². The van der Waals surface area contributed by atoms with Crippen molar-refractivity contribution in [2.75, 3.05) is 19.6 Å². The molecule has 1 fully saturated rings. The Kier molecular flexibility index (Phi) is 4.07. The Morgan fingerprint density at radius 3 is 2.25 bits per heavy atom. The van der Waals surface area contributed by atoms with Gasteiger partial charge in [-0.3, -0.25) is 0 Å². The first-order valence-electron chi connectivity index (χ1n) is 5.44. The van der Waals surface area contributed by atoms with Gasteiger partial charge in [0.2, 0.25) is 0 Å². The maximum absolute atomic E-state index is 2.62. The summed E-state index contributed by atoms with van der Waals surface area (Å²) in [7, 11) is 0. The van der Waals surface area contributed by atoms with Crippen molar-refractivity contribution >= 4 is 0 Å². The Balaban J connectivity index is 2.17. The molecule has 0 atom stereocenters. The highest BCUT2D eigenvalue weighted by Gasteiger charge is 2.17. The lowest BCUT2D eigenvalue weighted by Gasteiger charge is -2.32. The van der Waals surface area contributed by atoms with Gasteiger partial charge in [0.05, 0.1) is 0 Å². The molecule has 0 spiro atoms. The zero-order valence-electron chi connectivity index (χ0n) is 8.84. The third-order valence-electron chi connectivity index (χ3n) is 2.91. The summed E-state index contributed by atoms with van der Waals surface area (Å²) in [6.45, 7) is 10.9. The molecule has 0 aromatic carbocycles. The van der Waals surface area contributed by atoms with Crippen molar-refractivity contribution in [2.45, 2.75) is 40.0 Å². The topological polar surface area (TPSA) is 3.24 Å². The first-order valence-corrected chi connectivity index (χ1v) is 5.44. The third-order valence-corrected chi connectivity index (χ3v) is 2.91. The van der Waals surface area contributed by atoms with Gasteiger partial charge in [-0.2, -0.15) is 0 Å². The molecule has 1 aliphatic heterocycles. The molecule has 0 aromatic rings. The maximum atomic E-state index is 2.62. The summed E-state index contributed by atoms with van der Waals surface area (Å²) >= 11 is 0. The lowest BCUT2D eigenvalue weighted by atomic mass is 9.94. The summed E-state index contributed by atoms with van der Waals surface area (Å²) in [6.07, 6.45) is 4.25. The van der Waals surface area contributed by atoms with Gasteiger partial charge in [-0.15, -0.1) is 0 Å². The van der Waals surface area contributed by atoms with E-state index in [-0.39, 0.29) is 0 Å². The van der Waals surface area contributed by atoms with E-state index in [4.69, 9.17) is 0 Å². The summed E-state index contributed by atoms with van der Waals surface area (Å²) in [5.74, 6) is 1.86. The van der Waals surface area contributed by atoms with Gasteiger partial charge in [0.1, 0.15) is 0 Å². The maximum Gasteiger partial charge on any atom is 0.000439 e. The minimum absolute atomic E-state index is 0.836. The number of rotatable bonds is 3. The van der Waals surface area contributed by atoms with Gasteiger partial charge in [-0.05, 0) is 37.8 Å². The summed E-state index contributed by atoms with van der Waals surface area (Å²) in [6, 6.07) is 0. The van der Waals surface area contributed by atoms with E-state index in [0.29, 0.717) is 0 Å². The number of nitrogens with zero attached hydrogens (tertiary/aromatic N) is 1. The number of hydrogen-bond acceptors (Lipinski definition) is 1. The van der Waals surface area contributed by atoms with Crippen LogP contribution in [-0.4, -0.2) is 24.5 Å². The van der Waals surface area contributed by atoms with Crippen molar-refractivity contribution in [3.8, 4) is 0 Å². The van der Waals surface area contributed by atoms with E-state index < -0.39 is 0 Å². The zero-order chi connectivity index (χ0) is 8.97. The number of hydrogen-bond donors (Lipinski definition) is 0. The van der Waals surface area contributed by atoms with Crippen LogP contribution in [0, 0.1) is 11.8 Å². The molecule has 0 saturated carbocycles. The quantitative estimate of drug-likeness (QED) is 0.628. The molecular weight excluding hydrogens is 146 g/mol. The second-order valence-corrected chi connectivity index (χ2v) is 4.55. The molecule has 0 aromatic heterocycles. The number of likely N-dealkylation sites (tertiary alicyclic amines) is 1. The van der Waals surface area contributed by atoms with Crippen molar-refractivity contribution in [1.82, 2.24) is 4.90 Å². The molecule has 0 unspecified atom stereocenters. The molecule has 12 heavy (non-hydrogen) atoms. The average molecular weight is 169 g/mol. The van der Waals surface area contributed by atoms with Crippen molar-refractivity contribution in [3.63, 3.8) is 0 Å². The Morgan fingerprint density at radius 1 is 1.25 bits per heavy atom. The number of piperidine rings is 1. The Bertz CT molecular complexity index is 112. The van der Waals surface area contributed by atoms with E-state index in [9.17, 15) is 0 Å². The smallest absolute Gasteiger partial charge is 0.000439 e. The van der Waals surface area contributed by atoms with Gasteiger partial charge in [0.25, 0.3) is 0 Å². The molecule has 0 aliphatic carbocycles. The molecule has 0 N–H and O–H groups in total. The van der Waals surface area contributed by atoms with Gasteiger partial charge in [-0.25, -0.2) is 0 Å². The van der Waals surface area contributed by atoms with E-state index in [0.717, 1.165) is 11.8 Å². The Morgan fingerprint density at radius 2 is 1.83 bits per heavy atom. The summed E-state index contributed by atoms with van der Waals surface area (Å²) in [4.78, 5) is 2.62. The van der Waals surface area contributed by atoms with Crippen molar-refractivity contribution < 1.29 is 0 Å². The highest BCUT2D eigenvalue weighted by atomic mass is 15.1. The summed E-state index contributed by atoms with van der Waals surface area (Å²) in [5.41, 5.74) is 0. The molecule has 1 aliphatic rings. The minimum Gasteiger partial charge on any atom is -0.303 e. The van der Waals surface area contributed by atoms with E-state index in [1.165, 1.54) is 38.9 Å². The summed E-state index contributed by atoms with van der Waals surface area (Å²) in [5, 5.41) is 0. The van der Waals surface area contributed by atoms with Crippen LogP contribution in [0.3, 0.4) is 0 Å². The molecule has 0 radical (unpaired) electrons. The fourth-order valence-corrected chi connectivity index (χ4v) is 2.09. The monoisotopic (exact) mass is 169 g/mol. The van der Waals surface area contributed by atoms with Gasteiger partial charge in [0, 0.05) is 6.54 Å². The van der Waals surface area contributed by atoms with Crippen LogP contribution in [0.1, 0.15) is 40.0 Å². The summed E-state index contributed by atoms with van der Waals surface area (Å²) < 4.78 is 0. The van der Waals surface area contributed by atoms with Crippen LogP contribution in [0.2, 0.25) is 0 Å². The predicted octanol–water partition coefficient (Wildman–Crippen LogP) is 2.76. The van der Waals surface area contributed by atoms with Gasteiger partial charge in [0.15, 0.2) is 0 Å². The standard InChI is InChI=1S/C11H23N/c1-4-11-5-7-12(8-6-11)9-10(2)3/h10-11H,4-9H2,1-3H3. The van der Waals surface area contributed by atoms with Crippen LogP contribution in [0.5, 0.6) is 0 Å². The molecule has 1 heteroatoms. The second-order valence-electron chi connectivity index (χ2n) is 4.55. The molecule has 1 heterocycles. The lowest BCUT2D eigenvalue weighted by Crippen LogP contribution is -2.35. The van der Waals surface area contributed by atoms with Crippen LogP contribution in [0.15, 0.2) is 0 Å². The second kappa shape index (κ2) is 4.86. The van der Waals surface area contributed by atoms with Crippen molar-refractivity contribution in [2.24, 2.45) is 11.8 Å². The third kappa shape index (κ3) is 3.14. The van der Waals surface area contributed by atoms with Crippen molar-refractivity contribution in [3.05, 3.63) is 0 Å². The molecule has 1 nitrogen and oxygen atoms in total. The van der Waals surface area contributed by atoms with E-state index in [2.05, 4.69) is 25.7 Å². The van der Waals surface area contributed by atoms with Gasteiger partial charge >= 0.3 is 0 Å². The lowest BCUT2D eigenvalue weighted by molar-refractivity contribution is 0.166. The normalized spacial score (nSPS) is 22.0. The molecule has 0 bridgehead atoms. The highest BCUT2D eigenvalue weighted by Crippen LogP contribution is 2.20. The van der Waals surface area contributed by atoms with E-state index in [1.807, 2.05) is 0 Å². The van der Waals surface area contributed by atoms with E-state index >= 15 is 0 Å². The minimum atomic E-state index is 0.836. The van der Waals surface area contributed by atoms with Crippen LogP contribution >= 0.6 is 0 Å². The zero-order valence-corrected chi connectivity index (χ0v) is 8.84. The van der Waals surface area contributed by atoms with Crippen molar-refractivity contribution in [1.29, 1.82) is 0 Å². The average Bonchev–Trinajstić information content (AvgIpc) is 2.05. The largest absolute Gasteiger partial charge is 0.303 e. The molecular formula is C11H23N. The predicted molar refractivity (Wildman–Crippen MR) is 54.3 cm³/mol. The van der Waals surface area contributed by atoms with Crippen LogP contribution < -0.4 is 0 Å². The molecule has 0 amide bonds. The SMILES string of the molecule is CCC1CCN(CC(C)C)CC1. The highest BCUT2D eigenvalue weighted by molar-refractivity contribution is 4.71. The first-order chi connectivity index (χ1) is 5.72. The van der Waals surface area contributed by atoms with Gasteiger partial charge < -0.3 is 4.90 Å². The fourth-order valence-electron chi connectivity index (χ4n) is 2.09. The molecule has 72 valence electrons.